The molecule has 0 fully saturated rings. The van der Waals surface area contributed by atoms with Crippen LogP contribution >= 0.6 is 23.2 Å². The van der Waals surface area contributed by atoms with E-state index < -0.39 is 5.82 Å². The number of hydrogen-bond donors (Lipinski definition) is 1. The van der Waals surface area contributed by atoms with E-state index in [9.17, 15) is 8.78 Å². The van der Waals surface area contributed by atoms with Gasteiger partial charge >= 0.3 is 0 Å². The summed E-state index contributed by atoms with van der Waals surface area (Å²) in [7, 11) is 0. The van der Waals surface area contributed by atoms with Gasteiger partial charge in [-0.1, -0.05) is 23.2 Å². The Labute approximate surface area is 113 Å². The minimum atomic E-state index is -0.408. The Morgan fingerprint density at radius 2 is 1.56 bits per heavy atom. The van der Waals surface area contributed by atoms with Gasteiger partial charge in [0.15, 0.2) is 0 Å². The molecule has 94 valence electrons. The van der Waals surface area contributed by atoms with Crippen LogP contribution in [-0.4, -0.2) is 0 Å². The molecule has 0 saturated carbocycles. The summed E-state index contributed by atoms with van der Waals surface area (Å²) in [5, 5.41) is 3.70. The van der Waals surface area contributed by atoms with Gasteiger partial charge in [-0.2, -0.15) is 0 Å². The van der Waals surface area contributed by atoms with Crippen molar-refractivity contribution < 1.29 is 8.78 Å². The van der Waals surface area contributed by atoms with E-state index in [0.717, 1.165) is 0 Å². The molecule has 0 aliphatic rings. The van der Waals surface area contributed by atoms with Gasteiger partial charge in [-0.3, -0.25) is 0 Å². The monoisotopic (exact) mass is 287 g/mol. The summed E-state index contributed by atoms with van der Waals surface area (Å²) in [5.74, 6) is -0.768. The second-order valence-corrected chi connectivity index (χ2v) is 4.53. The fraction of sp³-hybridized carbons (Fsp3) is 0.0769. The van der Waals surface area contributed by atoms with Crippen LogP contribution in [0.2, 0.25) is 10.0 Å². The van der Waals surface area contributed by atoms with Crippen molar-refractivity contribution in [2.45, 2.75) is 6.54 Å². The Morgan fingerprint density at radius 1 is 0.889 bits per heavy atom. The number of rotatable bonds is 3. The van der Waals surface area contributed by atoms with Crippen LogP contribution in [0.15, 0.2) is 36.4 Å². The van der Waals surface area contributed by atoms with Crippen molar-refractivity contribution in [3.05, 3.63) is 63.6 Å². The lowest BCUT2D eigenvalue weighted by Gasteiger charge is -2.09. The van der Waals surface area contributed by atoms with Crippen LogP contribution in [0.25, 0.3) is 0 Å². The average Bonchev–Trinajstić information content (AvgIpc) is 2.32. The van der Waals surface area contributed by atoms with Gasteiger partial charge in [0.25, 0.3) is 0 Å². The van der Waals surface area contributed by atoms with E-state index in [0.29, 0.717) is 22.8 Å². The zero-order valence-corrected chi connectivity index (χ0v) is 10.7. The lowest BCUT2D eigenvalue weighted by molar-refractivity contribution is 0.626. The standard InChI is InChI=1S/C13H9Cl2F2N/c14-11-3-1-9(16)5-8(11)7-18-13-4-2-10(17)6-12(13)15/h1-6,18H,7H2. The Hall–Kier alpha value is -1.32. The maximum atomic E-state index is 13.0. The number of hydrogen-bond acceptors (Lipinski definition) is 1. The average molecular weight is 288 g/mol. The quantitative estimate of drug-likeness (QED) is 0.848. The summed E-state index contributed by atoms with van der Waals surface area (Å²) in [6.07, 6.45) is 0. The molecule has 2 rings (SSSR count). The van der Waals surface area contributed by atoms with Crippen LogP contribution in [0.5, 0.6) is 0 Å². The van der Waals surface area contributed by atoms with Gasteiger partial charge in [0, 0.05) is 11.6 Å². The highest BCUT2D eigenvalue weighted by Gasteiger charge is 2.05. The van der Waals surface area contributed by atoms with E-state index in [1.165, 1.54) is 36.4 Å². The minimum absolute atomic E-state index is 0.266. The first-order valence-corrected chi connectivity index (χ1v) is 5.95. The van der Waals surface area contributed by atoms with Gasteiger partial charge in [0.1, 0.15) is 11.6 Å². The van der Waals surface area contributed by atoms with Crippen LogP contribution in [0, 0.1) is 11.6 Å². The van der Waals surface area contributed by atoms with Crippen molar-refractivity contribution >= 4 is 28.9 Å². The summed E-state index contributed by atoms with van der Waals surface area (Å²) in [4.78, 5) is 0. The molecular weight excluding hydrogens is 279 g/mol. The van der Waals surface area contributed by atoms with Crippen molar-refractivity contribution in [1.29, 1.82) is 0 Å². The van der Waals surface area contributed by atoms with Crippen LogP contribution < -0.4 is 5.32 Å². The Balaban J connectivity index is 2.13. The normalized spacial score (nSPS) is 10.4. The summed E-state index contributed by atoms with van der Waals surface area (Å²) < 4.78 is 25.9. The molecule has 18 heavy (non-hydrogen) atoms. The van der Waals surface area contributed by atoms with Gasteiger partial charge in [-0.15, -0.1) is 0 Å². The van der Waals surface area contributed by atoms with E-state index in [4.69, 9.17) is 23.2 Å². The molecule has 2 aromatic carbocycles. The highest BCUT2D eigenvalue weighted by molar-refractivity contribution is 6.33. The number of halogens is 4. The zero-order chi connectivity index (χ0) is 13.1. The first kappa shape index (κ1) is 13.1. The maximum absolute atomic E-state index is 13.0. The van der Waals surface area contributed by atoms with Crippen LogP contribution in [-0.2, 0) is 6.54 Å². The highest BCUT2D eigenvalue weighted by atomic mass is 35.5. The summed E-state index contributed by atoms with van der Waals surface area (Å²) in [6.45, 7) is 0.307. The Kier molecular flexibility index (Phi) is 4.04. The number of nitrogens with one attached hydrogen (secondary N) is 1. The van der Waals surface area contributed by atoms with Crippen molar-refractivity contribution in [2.24, 2.45) is 0 Å². The topological polar surface area (TPSA) is 12.0 Å². The van der Waals surface area contributed by atoms with Crippen LogP contribution in [0.1, 0.15) is 5.56 Å². The lowest BCUT2D eigenvalue weighted by Crippen LogP contribution is -2.01. The molecule has 0 saturated heterocycles. The van der Waals surface area contributed by atoms with E-state index in [1.807, 2.05) is 0 Å². The molecule has 0 amide bonds. The van der Waals surface area contributed by atoms with Gasteiger partial charge in [0.2, 0.25) is 0 Å². The fourth-order valence-electron chi connectivity index (χ4n) is 1.50. The van der Waals surface area contributed by atoms with E-state index in [2.05, 4.69) is 5.32 Å². The maximum Gasteiger partial charge on any atom is 0.124 e. The third kappa shape index (κ3) is 3.12. The smallest absolute Gasteiger partial charge is 0.124 e. The predicted molar refractivity (Wildman–Crippen MR) is 70.1 cm³/mol. The van der Waals surface area contributed by atoms with Gasteiger partial charge < -0.3 is 5.32 Å². The summed E-state index contributed by atoms with van der Waals surface area (Å²) in [6, 6.07) is 8.13. The molecule has 2 aromatic rings. The molecule has 1 N–H and O–H groups in total. The summed E-state index contributed by atoms with van der Waals surface area (Å²) >= 11 is 11.8. The van der Waals surface area contributed by atoms with Crippen molar-refractivity contribution in [2.75, 3.05) is 5.32 Å². The lowest BCUT2D eigenvalue weighted by atomic mass is 10.2. The Bertz CT molecular complexity index is 573. The minimum Gasteiger partial charge on any atom is -0.380 e. The molecule has 0 radical (unpaired) electrons. The van der Waals surface area contributed by atoms with Gasteiger partial charge in [0.05, 0.1) is 10.7 Å². The molecule has 0 aromatic heterocycles. The summed E-state index contributed by atoms with van der Waals surface area (Å²) in [5.41, 5.74) is 1.18. The second kappa shape index (κ2) is 5.55. The van der Waals surface area contributed by atoms with Crippen molar-refractivity contribution in [3.8, 4) is 0 Å². The highest BCUT2D eigenvalue weighted by Crippen LogP contribution is 2.24. The molecular formula is C13H9Cl2F2N. The first-order chi connectivity index (χ1) is 8.56. The van der Waals surface area contributed by atoms with E-state index in [1.54, 1.807) is 0 Å². The molecule has 0 bridgehead atoms. The van der Waals surface area contributed by atoms with E-state index in [-0.39, 0.29) is 10.8 Å². The van der Waals surface area contributed by atoms with Crippen molar-refractivity contribution in [3.63, 3.8) is 0 Å². The third-order valence-electron chi connectivity index (χ3n) is 2.41. The Morgan fingerprint density at radius 3 is 2.28 bits per heavy atom. The molecule has 0 aliphatic carbocycles. The van der Waals surface area contributed by atoms with Crippen molar-refractivity contribution in [1.82, 2.24) is 0 Å². The SMILES string of the molecule is Fc1ccc(NCc2cc(F)ccc2Cl)c(Cl)c1. The zero-order valence-electron chi connectivity index (χ0n) is 9.18. The fourth-order valence-corrected chi connectivity index (χ4v) is 1.92. The van der Waals surface area contributed by atoms with Gasteiger partial charge in [-0.05, 0) is 42.0 Å². The first-order valence-electron chi connectivity index (χ1n) is 5.19. The molecule has 0 atom stereocenters. The second-order valence-electron chi connectivity index (χ2n) is 3.71. The van der Waals surface area contributed by atoms with Crippen LogP contribution in [0.4, 0.5) is 14.5 Å². The van der Waals surface area contributed by atoms with Gasteiger partial charge in [-0.25, -0.2) is 8.78 Å². The largest absolute Gasteiger partial charge is 0.380 e. The number of anilines is 1. The number of benzene rings is 2. The predicted octanol–water partition coefficient (Wildman–Crippen LogP) is 4.88. The van der Waals surface area contributed by atoms with Crippen LogP contribution in [0.3, 0.4) is 0 Å². The molecule has 0 unspecified atom stereocenters. The van der Waals surface area contributed by atoms with E-state index >= 15 is 0 Å². The third-order valence-corrected chi connectivity index (χ3v) is 3.09. The molecule has 0 aliphatic heterocycles. The molecule has 0 spiro atoms. The molecule has 1 nitrogen and oxygen atoms in total. The molecule has 5 heteroatoms. The molecule has 0 heterocycles.